The summed E-state index contributed by atoms with van der Waals surface area (Å²) in [6.07, 6.45) is 6.24. The van der Waals surface area contributed by atoms with Crippen LogP contribution in [0.25, 0.3) is 0 Å². The Bertz CT molecular complexity index is 271. The lowest BCUT2D eigenvalue weighted by atomic mass is 9.85. The molecule has 4 nitrogen and oxygen atoms in total. The van der Waals surface area contributed by atoms with Crippen molar-refractivity contribution in [1.29, 1.82) is 0 Å². The predicted octanol–water partition coefficient (Wildman–Crippen LogP) is 2.04. The molecule has 0 aromatic carbocycles. The van der Waals surface area contributed by atoms with Crippen LogP contribution < -0.4 is 5.32 Å². The molecule has 1 N–H and O–H groups in total. The van der Waals surface area contributed by atoms with E-state index in [0.717, 1.165) is 25.4 Å². The minimum Gasteiger partial charge on any atom is -0.468 e. The van der Waals surface area contributed by atoms with Gasteiger partial charge in [0.05, 0.1) is 7.11 Å². The van der Waals surface area contributed by atoms with E-state index in [2.05, 4.69) is 31.1 Å². The van der Waals surface area contributed by atoms with Gasteiger partial charge in [-0.05, 0) is 38.8 Å². The van der Waals surface area contributed by atoms with E-state index in [1.54, 1.807) is 0 Å². The lowest BCUT2D eigenvalue weighted by molar-refractivity contribution is -0.143. The summed E-state index contributed by atoms with van der Waals surface area (Å²) in [5.74, 6) is 0.576. The zero-order valence-corrected chi connectivity index (χ0v) is 12.9. The summed E-state index contributed by atoms with van der Waals surface area (Å²) >= 11 is 0. The molecule has 0 bridgehead atoms. The molecule has 1 rings (SSSR count). The molecule has 0 aromatic rings. The molecule has 0 aromatic heterocycles. The van der Waals surface area contributed by atoms with Gasteiger partial charge in [-0.3, -0.25) is 4.79 Å². The standard InChI is InChI=1S/C15H30N2O2/c1-5-10-16-13(15(18)19-4)11-17(3)14-9-7-6-8-12(14)2/h12-14,16H,5-11H2,1-4H3. The molecule has 4 heteroatoms. The van der Waals surface area contributed by atoms with Crippen molar-refractivity contribution in [2.75, 3.05) is 27.2 Å². The molecule has 1 aliphatic carbocycles. The van der Waals surface area contributed by atoms with Crippen LogP contribution in [0.2, 0.25) is 0 Å². The van der Waals surface area contributed by atoms with Crippen LogP contribution in [0.5, 0.6) is 0 Å². The van der Waals surface area contributed by atoms with Crippen LogP contribution in [0.1, 0.15) is 46.0 Å². The Hall–Kier alpha value is -0.610. The van der Waals surface area contributed by atoms with Crippen molar-refractivity contribution in [1.82, 2.24) is 10.2 Å². The Morgan fingerprint density at radius 2 is 2.11 bits per heavy atom. The van der Waals surface area contributed by atoms with Crippen LogP contribution in [0.4, 0.5) is 0 Å². The van der Waals surface area contributed by atoms with Crippen molar-refractivity contribution in [3.8, 4) is 0 Å². The molecule has 0 amide bonds. The minimum atomic E-state index is -0.205. The fraction of sp³-hybridized carbons (Fsp3) is 0.933. The SMILES string of the molecule is CCCNC(CN(C)C1CCCCC1C)C(=O)OC. The van der Waals surface area contributed by atoms with Crippen LogP contribution in [0.3, 0.4) is 0 Å². The lowest BCUT2D eigenvalue weighted by Gasteiger charge is -2.37. The maximum absolute atomic E-state index is 11.8. The maximum atomic E-state index is 11.8. The van der Waals surface area contributed by atoms with Crippen LogP contribution >= 0.6 is 0 Å². The second-order valence-corrected chi connectivity index (χ2v) is 5.80. The number of carbonyl (C=O) groups is 1. The summed E-state index contributed by atoms with van der Waals surface area (Å²) in [5.41, 5.74) is 0. The van der Waals surface area contributed by atoms with Crippen molar-refractivity contribution < 1.29 is 9.53 Å². The largest absolute Gasteiger partial charge is 0.468 e. The van der Waals surface area contributed by atoms with E-state index in [0.29, 0.717) is 6.04 Å². The van der Waals surface area contributed by atoms with Crippen molar-refractivity contribution >= 4 is 5.97 Å². The third-order valence-electron chi connectivity index (χ3n) is 4.23. The number of hydrogen-bond acceptors (Lipinski definition) is 4. The summed E-state index contributed by atoms with van der Waals surface area (Å²) in [6, 6.07) is 0.397. The Morgan fingerprint density at radius 3 is 2.68 bits per heavy atom. The number of nitrogens with one attached hydrogen (secondary N) is 1. The molecule has 0 spiro atoms. The molecule has 3 atom stereocenters. The molecular weight excluding hydrogens is 240 g/mol. The predicted molar refractivity (Wildman–Crippen MR) is 78.1 cm³/mol. The van der Waals surface area contributed by atoms with Gasteiger partial charge < -0.3 is 15.0 Å². The third-order valence-corrected chi connectivity index (χ3v) is 4.23. The molecule has 112 valence electrons. The normalized spacial score (nSPS) is 25.3. The van der Waals surface area contributed by atoms with Crippen LogP contribution in [-0.2, 0) is 9.53 Å². The Morgan fingerprint density at radius 1 is 1.42 bits per heavy atom. The van der Waals surface area contributed by atoms with E-state index < -0.39 is 0 Å². The molecule has 0 aliphatic heterocycles. The molecule has 0 radical (unpaired) electrons. The van der Waals surface area contributed by atoms with Gasteiger partial charge in [-0.15, -0.1) is 0 Å². The number of carbonyl (C=O) groups excluding carboxylic acids is 1. The zero-order chi connectivity index (χ0) is 14.3. The first-order valence-electron chi connectivity index (χ1n) is 7.61. The number of esters is 1. The van der Waals surface area contributed by atoms with Gasteiger partial charge in [-0.25, -0.2) is 0 Å². The maximum Gasteiger partial charge on any atom is 0.324 e. The number of ether oxygens (including phenoxy) is 1. The zero-order valence-electron chi connectivity index (χ0n) is 12.9. The lowest BCUT2D eigenvalue weighted by Crippen LogP contribution is -2.50. The van der Waals surface area contributed by atoms with E-state index in [1.165, 1.54) is 32.8 Å². The number of nitrogens with zero attached hydrogens (tertiary/aromatic N) is 1. The summed E-state index contributed by atoms with van der Waals surface area (Å²) in [6.45, 7) is 6.02. The highest BCUT2D eigenvalue weighted by molar-refractivity contribution is 5.75. The van der Waals surface area contributed by atoms with Gasteiger partial charge in [0.15, 0.2) is 0 Å². The molecule has 1 fully saturated rings. The average molecular weight is 270 g/mol. The van der Waals surface area contributed by atoms with E-state index in [9.17, 15) is 4.79 Å². The first kappa shape index (κ1) is 16.4. The number of likely N-dealkylation sites (N-methyl/N-ethyl adjacent to an activating group) is 1. The summed E-state index contributed by atoms with van der Waals surface area (Å²) in [4.78, 5) is 14.1. The molecule has 19 heavy (non-hydrogen) atoms. The topological polar surface area (TPSA) is 41.6 Å². The molecular formula is C15H30N2O2. The Balaban J connectivity index is 2.53. The highest BCUT2D eigenvalue weighted by atomic mass is 16.5. The monoisotopic (exact) mass is 270 g/mol. The van der Waals surface area contributed by atoms with Gasteiger partial charge >= 0.3 is 5.97 Å². The van der Waals surface area contributed by atoms with Gasteiger partial charge in [0.1, 0.15) is 6.04 Å². The van der Waals surface area contributed by atoms with Crippen molar-refractivity contribution in [2.24, 2.45) is 5.92 Å². The van der Waals surface area contributed by atoms with Crippen LogP contribution in [0.15, 0.2) is 0 Å². The van der Waals surface area contributed by atoms with Gasteiger partial charge in [0, 0.05) is 12.6 Å². The van der Waals surface area contributed by atoms with Crippen molar-refractivity contribution in [3.05, 3.63) is 0 Å². The number of methoxy groups -OCH3 is 1. The molecule has 0 heterocycles. The summed E-state index contributed by atoms with van der Waals surface area (Å²) in [7, 11) is 3.60. The Kier molecular flexibility index (Phi) is 7.39. The smallest absolute Gasteiger partial charge is 0.324 e. The Labute approximate surface area is 117 Å². The molecule has 1 saturated carbocycles. The minimum absolute atomic E-state index is 0.149. The second kappa shape index (κ2) is 8.54. The van der Waals surface area contributed by atoms with Gasteiger partial charge in [0.25, 0.3) is 0 Å². The van der Waals surface area contributed by atoms with E-state index in [-0.39, 0.29) is 12.0 Å². The molecule has 3 unspecified atom stereocenters. The number of rotatable bonds is 7. The van der Waals surface area contributed by atoms with E-state index in [1.807, 2.05) is 0 Å². The highest BCUT2D eigenvalue weighted by Crippen LogP contribution is 2.27. The van der Waals surface area contributed by atoms with Crippen molar-refractivity contribution in [3.63, 3.8) is 0 Å². The van der Waals surface area contributed by atoms with E-state index >= 15 is 0 Å². The van der Waals surface area contributed by atoms with Gasteiger partial charge in [0.2, 0.25) is 0 Å². The first-order valence-corrected chi connectivity index (χ1v) is 7.61. The van der Waals surface area contributed by atoms with Crippen LogP contribution in [0, 0.1) is 5.92 Å². The second-order valence-electron chi connectivity index (χ2n) is 5.80. The molecule has 0 saturated heterocycles. The quantitative estimate of drug-likeness (QED) is 0.719. The summed E-state index contributed by atoms with van der Waals surface area (Å²) in [5, 5.41) is 3.29. The third kappa shape index (κ3) is 5.11. The fourth-order valence-corrected chi connectivity index (χ4v) is 3.06. The first-order chi connectivity index (χ1) is 9.10. The van der Waals surface area contributed by atoms with Crippen LogP contribution in [-0.4, -0.2) is 50.2 Å². The van der Waals surface area contributed by atoms with Crippen molar-refractivity contribution in [2.45, 2.75) is 58.0 Å². The molecule has 1 aliphatic rings. The average Bonchev–Trinajstić information content (AvgIpc) is 2.42. The fourth-order valence-electron chi connectivity index (χ4n) is 3.06. The van der Waals surface area contributed by atoms with Gasteiger partial charge in [-0.2, -0.15) is 0 Å². The number of hydrogen-bond donors (Lipinski definition) is 1. The van der Waals surface area contributed by atoms with E-state index in [4.69, 9.17) is 4.74 Å². The van der Waals surface area contributed by atoms with Gasteiger partial charge in [-0.1, -0.05) is 26.7 Å². The highest BCUT2D eigenvalue weighted by Gasteiger charge is 2.28. The summed E-state index contributed by atoms with van der Waals surface area (Å²) < 4.78 is 4.90.